The highest BCUT2D eigenvalue weighted by Gasteiger charge is 2.41. The van der Waals surface area contributed by atoms with Crippen molar-refractivity contribution >= 4 is 29.2 Å². The van der Waals surface area contributed by atoms with Gasteiger partial charge in [-0.2, -0.15) is 0 Å². The molecule has 0 saturated carbocycles. The average Bonchev–Trinajstić information content (AvgIpc) is 3.36. The minimum atomic E-state index is -0.755. The van der Waals surface area contributed by atoms with Crippen LogP contribution in [0.1, 0.15) is 51.3 Å². The lowest BCUT2D eigenvalue weighted by atomic mass is 9.91. The van der Waals surface area contributed by atoms with Crippen molar-refractivity contribution in [2.24, 2.45) is 5.41 Å². The molecule has 1 saturated heterocycles. The summed E-state index contributed by atoms with van der Waals surface area (Å²) in [5.74, 6) is -1.32. The molecule has 1 fully saturated rings. The Morgan fingerprint density at radius 3 is 2.50 bits per heavy atom. The second-order valence-electron chi connectivity index (χ2n) is 7.34. The Labute approximate surface area is 169 Å². The number of carbonyl (C=O) groups excluding carboxylic acids is 3. The highest BCUT2D eigenvalue weighted by molar-refractivity contribution is 7.10. The maximum atomic E-state index is 12.2. The van der Waals surface area contributed by atoms with Gasteiger partial charge in [-0.05, 0) is 31.7 Å². The van der Waals surface area contributed by atoms with Crippen LogP contribution in [-0.2, 0) is 38.9 Å². The van der Waals surface area contributed by atoms with Crippen LogP contribution in [0, 0.1) is 5.41 Å². The summed E-state index contributed by atoms with van der Waals surface area (Å²) in [5, 5.41) is 1.93. The molecule has 0 radical (unpaired) electrons. The second-order valence-corrected chi connectivity index (χ2v) is 8.29. The number of ether oxygens (including phenoxy) is 4. The van der Waals surface area contributed by atoms with Crippen molar-refractivity contribution in [3.8, 4) is 0 Å². The first kappa shape index (κ1) is 22.4. The molecule has 1 atom stereocenters. The quantitative estimate of drug-likeness (QED) is 0.331. The van der Waals surface area contributed by atoms with Crippen molar-refractivity contribution in [2.75, 3.05) is 26.4 Å². The Morgan fingerprint density at radius 2 is 1.89 bits per heavy atom. The molecular weight excluding hydrogens is 384 g/mol. The summed E-state index contributed by atoms with van der Waals surface area (Å²) in [7, 11) is 0. The molecule has 2 heterocycles. The first-order valence-corrected chi connectivity index (χ1v) is 10.3. The molecule has 156 valence electrons. The predicted molar refractivity (Wildman–Crippen MR) is 103 cm³/mol. The smallest absolute Gasteiger partial charge is 0.311 e. The first-order chi connectivity index (χ1) is 13.3. The highest BCUT2D eigenvalue weighted by atomic mass is 32.1. The fraction of sp³-hybridized carbons (Fsp3) is 0.650. The van der Waals surface area contributed by atoms with E-state index in [1.54, 1.807) is 13.8 Å². The minimum absolute atomic E-state index is 0.00270. The van der Waals surface area contributed by atoms with Gasteiger partial charge in [-0.3, -0.25) is 14.4 Å². The summed E-state index contributed by atoms with van der Waals surface area (Å²) in [5.41, 5.74) is -1.31. The fourth-order valence-electron chi connectivity index (χ4n) is 2.58. The zero-order valence-electron chi connectivity index (χ0n) is 16.7. The molecule has 1 aromatic heterocycles. The molecule has 7 nitrogen and oxygen atoms in total. The molecule has 0 spiro atoms. The van der Waals surface area contributed by atoms with Gasteiger partial charge in [0.2, 0.25) is 0 Å². The average molecular weight is 413 g/mol. The molecule has 0 aliphatic carbocycles. The predicted octanol–water partition coefficient (Wildman–Crippen LogP) is 3.21. The summed E-state index contributed by atoms with van der Waals surface area (Å²) < 4.78 is 21.2. The Balaban J connectivity index is 1.68. The monoisotopic (exact) mass is 412 g/mol. The maximum absolute atomic E-state index is 12.2. The maximum Gasteiger partial charge on any atom is 0.311 e. The van der Waals surface area contributed by atoms with Crippen LogP contribution in [0.3, 0.4) is 0 Å². The van der Waals surface area contributed by atoms with Crippen molar-refractivity contribution in [1.82, 2.24) is 0 Å². The summed E-state index contributed by atoms with van der Waals surface area (Å²) in [4.78, 5) is 36.8. The van der Waals surface area contributed by atoms with E-state index in [0.717, 1.165) is 4.88 Å². The second kappa shape index (κ2) is 10.0. The summed E-state index contributed by atoms with van der Waals surface area (Å²) in [6.45, 7) is 6.31. The summed E-state index contributed by atoms with van der Waals surface area (Å²) in [6.07, 6.45) is 1.10. The molecule has 1 aliphatic heterocycles. The van der Waals surface area contributed by atoms with E-state index < -0.39 is 23.0 Å². The zero-order chi connectivity index (χ0) is 20.6. The molecule has 0 aromatic carbocycles. The number of esters is 3. The van der Waals surface area contributed by atoms with Gasteiger partial charge in [0.05, 0.1) is 36.3 Å². The van der Waals surface area contributed by atoms with Crippen LogP contribution < -0.4 is 0 Å². The van der Waals surface area contributed by atoms with Crippen molar-refractivity contribution in [3.05, 3.63) is 22.4 Å². The number of hydrogen-bond acceptors (Lipinski definition) is 8. The lowest BCUT2D eigenvalue weighted by Gasteiger charge is -2.26. The van der Waals surface area contributed by atoms with Gasteiger partial charge in [-0.25, -0.2) is 0 Å². The largest absolute Gasteiger partial charge is 0.462 e. The van der Waals surface area contributed by atoms with Gasteiger partial charge in [0.25, 0.3) is 0 Å². The molecule has 0 amide bonds. The van der Waals surface area contributed by atoms with E-state index in [1.807, 2.05) is 24.4 Å². The lowest BCUT2D eigenvalue weighted by Crippen LogP contribution is -2.32. The first-order valence-electron chi connectivity index (χ1n) is 9.45. The van der Waals surface area contributed by atoms with Crippen LogP contribution >= 0.6 is 11.3 Å². The standard InChI is InChI=1S/C20H28O7S/c1-4-19(2,3)18(23)26-12-11-25-16(21)7-8-17(22)27-20(9-10-24-14-20)15-6-5-13-28-15/h5-6,13H,4,7-12,14H2,1-3H3. The molecule has 28 heavy (non-hydrogen) atoms. The molecule has 2 rings (SSSR count). The van der Waals surface area contributed by atoms with E-state index in [2.05, 4.69) is 0 Å². The molecule has 0 N–H and O–H groups in total. The molecule has 8 heteroatoms. The van der Waals surface area contributed by atoms with E-state index in [4.69, 9.17) is 18.9 Å². The van der Waals surface area contributed by atoms with E-state index >= 15 is 0 Å². The number of hydrogen-bond donors (Lipinski definition) is 0. The lowest BCUT2D eigenvalue weighted by molar-refractivity contribution is -0.164. The van der Waals surface area contributed by atoms with E-state index in [0.29, 0.717) is 26.1 Å². The van der Waals surface area contributed by atoms with Gasteiger partial charge < -0.3 is 18.9 Å². The summed E-state index contributed by atoms with van der Waals surface area (Å²) >= 11 is 1.51. The van der Waals surface area contributed by atoms with Crippen LogP contribution in [0.15, 0.2) is 17.5 Å². The Hall–Kier alpha value is -1.93. The van der Waals surface area contributed by atoms with Crippen LogP contribution in [-0.4, -0.2) is 44.3 Å². The Kier molecular flexibility index (Phi) is 8.00. The normalized spacial score (nSPS) is 19.2. The van der Waals surface area contributed by atoms with Crippen LogP contribution in [0.2, 0.25) is 0 Å². The SMILES string of the molecule is CCC(C)(C)C(=O)OCCOC(=O)CCC(=O)OC1(c2cccs2)CCOC1. The molecule has 1 aromatic rings. The Morgan fingerprint density at radius 1 is 1.18 bits per heavy atom. The number of rotatable bonds is 10. The van der Waals surface area contributed by atoms with Crippen LogP contribution in [0.25, 0.3) is 0 Å². The summed E-state index contributed by atoms with van der Waals surface area (Å²) in [6, 6.07) is 3.82. The Bertz CT molecular complexity index is 660. The third-order valence-electron chi connectivity index (χ3n) is 4.81. The third kappa shape index (κ3) is 6.04. The van der Waals surface area contributed by atoms with Gasteiger partial charge in [0, 0.05) is 6.42 Å². The molecular formula is C20H28O7S. The zero-order valence-corrected chi connectivity index (χ0v) is 17.5. The van der Waals surface area contributed by atoms with E-state index in [-0.39, 0.29) is 32.0 Å². The fourth-order valence-corrected chi connectivity index (χ4v) is 3.46. The third-order valence-corrected chi connectivity index (χ3v) is 5.87. The number of carbonyl (C=O) groups is 3. The highest BCUT2D eigenvalue weighted by Crippen LogP contribution is 2.37. The van der Waals surface area contributed by atoms with Gasteiger partial charge in [-0.15, -0.1) is 11.3 Å². The topological polar surface area (TPSA) is 88.1 Å². The van der Waals surface area contributed by atoms with Crippen molar-refractivity contribution in [1.29, 1.82) is 0 Å². The van der Waals surface area contributed by atoms with Gasteiger partial charge in [0.1, 0.15) is 13.2 Å². The van der Waals surface area contributed by atoms with Gasteiger partial charge in [0.15, 0.2) is 5.60 Å². The van der Waals surface area contributed by atoms with Crippen molar-refractivity contribution in [3.63, 3.8) is 0 Å². The molecule has 1 aliphatic rings. The minimum Gasteiger partial charge on any atom is -0.462 e. The van der Waals surface area contributed by atoms with Gasteiger partial charge >= 0.3 is 17.9 Å². The van der Waals surface area contributed by atoms with E-state index in [1.165, 1.54) is 11.3 Å². The molecule has 1 unspecified atom stereocenters. The van der Waals surface area contributed by atoms with Crippen LogP contribution in [0.5, 0.6) is 0 Å². The van der Waals surface area contributed by atoms with Crippen molar-refractivity contribution in [2.45, 2.75) is 52.1 Å². The van der Waals surface area contributed by atoms with E-state index in [9.17, 15) is 14.4 Å². The van der Waals surface area contributed by atoms with Gasteiger partial charge in [-0.1, -0.05) is 13.0 Å². The van der Waals surface area contributed by atoms with Crippen molar-refractivity contribution < 1.29 is 33.3 Å². The van der Waals surface area contributed by atoms with Crippen LogP contribution in [0.4, 0.5) is 0 Å². The molecule has 0 bridgehead atoms. The number of thiophene rings is 1.